The van der Waals surface area contributed by atoms with Crippen molar-refractivity contribution in [1.82, 2.24) is 4.31 Å². The van der Waals surface area contributed by atoms with E-state index in [0.29, 0.717) is 24.3 Å². The molecular weight excluding hydrogens is 451 g/mol. The van der Waals surface area contributed by atoms with E-state index in [2.05, 4.69) is 27.9 Å². The predicted molar refractivity (Wildman–Crippen MR) is 108 cm³/mol. The molecule has 7 heteroatoms. The summed E-state index contributed by atoms with van der Waals surface area (Å²) in [6.45, 7) is 6.40. The molecule has 1 N–H and O–H groups in total. The van der Waals surface area contributed by atoms with Crippen LogP contribution in [0.25, 0.3) is 0 Å². The van der Waals surface area contributed by atoms with Gasteiger partial charge in [-0.3, -0.25) is 4.79 Å². The molecule has 134 valence electrons. The standard InChI is InChI=1S/C18H21IN2O3S/c1-4-21(5-2)25(23,24)15-11-9-14(10-12-15)20-18(22)16-8-6-7-13(3)17(16)19/h6-12H,4-5H2,1-3H3,(H,20,22). The quantitative estimate of drug-likeness (QED) is 0.649. The molecule has 0 saturated carbocycles. The highest BCUT2D eigenvalue weighted by Gasteiger charge is 2.21. The minimum atomic E-state index is -3.49. The van der Waals surface area contributed by atoms with Crippen molar-refractivity contribution < 1.29 is 13.2 Å². The van der Waals surface area contributed by atoms with Crippen molar-refractivity contribution in [3.63, 3.8) is 0 Å². The van der Waals surface area contributed by atoms with E-state index in [4.69, 9.17) is 0 Å². The Bertz CT molecular complexity index is 860. The molecule has 25 heavy (non-hydrogen) atoms. The van der Waals surface area contributed by atoms with Gasteiger partial charge in [0.25, 0.3) is 5.91 Å². The van der Waals surface area contributed by atoms with E-state index < -0.39 is 10.0 Å². The number of nitrogens with one attached hydrogen (secondary N) is 1. The Balaban J connectivity index is 2.21. The van der Waals surface area contributed by atoms with Crippen LogP contribution in [0.15, 0.2) is 47.4 Å². The van der Waals surface area contributed by atoms with Crippen LogP contribution in [0.2, 0.25) is 0 Å². The summed E-state index contributed by atoms with van der Waals surface area (Å²) < 4.78 is 27.2. The molecule has 0 bridgehead atoms. The van der Waals surface area contributed by atoms with Gasteiger partial charge < -0.3 is 5.32 Å². The average Bonchev–Trinajstić information content (AvgIpc) is 2.58. The Kier molecular flexibility index (Phi) is 6.59. The maximum atomic E-state index is 12.5. The van der Waals surface area contributed by atoms with Crippen molar-refractivity contribution in [1.29, 1.82) is 0 Å². The number of rotatable bonds is 6. The SMILES string of the molecule is CCN(CC)S(=O)(=O)c1ccc(NC(=O)c2cccc(C)c2I)cc1. The highest BCUT2D eigenvalue weighted by Crippen LogP contribution is 2.21. The first-order valence-corrected chi connectivity index (χ1v) is 10.5. The van der Waals surface area contributed by atoms with Gasteiger partial charge in [0.05, 0.1) is 10.5 Å². The summed E-state index contributed by atoms with van der Waals surface area (Å²) in [6.07, 6.45) is 0. The molecule has 0 radical (unpaired) electrons. The van der Waals surface area contributed by atoms with Crippen LogP contribution in [0.3, 0.4) is 0 Å². The van der Waals surface area contributed by atoms with E-state index in [1.54, 1.807) is 32.0 Å². The van der Waals surface area contributed by atoms with Crippen LogP contribution >= 0.6 is 22.6 Å². The molecule has 0 aromatic heterocycles. The van der Waals surface area contributed by atoms with Crippen LogP contribution in [-0.4, -0.2) is 31.7 Å². The molecule has 2 aromatic carbocycles. The Morgan fingerprint density at radius 1 is 1.08 bits per heavy atom. The van der Waals surface area contributed by atoms with Crippen LogP contribution in [0, 0.1) is 10.5 Å². The van der Waals surface area contributed by atoms with Gasteiger partial charge in [0.2, 0.25) is 10.0 Å². The molecule has 0 aliphatic carbocycles. The van der Waals surface area contributed by atoms with E-state index in [0.717, 1.165) is 9.13 Å². The van der Waals surface area contributed by atoms with Crippen molar-refractivity contribution in [3.8, 4) is 0 Å². The highest BCUT2D eigenvalue weighted by molar-refractivity contribution is 14.1. The molecule has 0 heterocycles. The topological polar surface area (TPSA) is 66.5 Å². The van der Waals surface area contributed by atoms with Crippen LogP contribution in [0.4, 0.5) is 5.69 Å². The highest BCUT2D eigenvalue weighted by atomic mass is 127. The lowest BCUT2D eigenvalue weighted by atomic mass is 10.1. The van der Waals surface area contributed by atoms with Crippen molar-refractivity contribution in [3.05, 3.63) is 57.2 Å². The largest absolute Gasteiger partial charge is 0.322 e. The zero-order valence-corrected chi connectivity index (χ0v) is 17.4. The number of hydrogen-bond donors (Lipinski definition) is 1. The summed E-state index contributed by atoms with van der Waals surface area (Å²) in [4.78, 5) is 12.6. The molecule has 1 amide bonds. The Hall–Kier alpha value is -1.45. The average molecular weight is 472 g/mol. The maximum Gasteiger partial charge on any atom is 0.256 e. The van der Waals surface area contributed by atoms with Gasteiger partial charge in [-0.15, -0.1) is 0 Å². The van der Waals surface area contributed by atoms with Gasteiger partial charge in [-0.05, 0) is 65.4 Å². The molecule has 0 aliphatic rings. The van der Waals surface area contributed by atoms with Gasteiger partial charge in [0.15, 0.2) is 0 Å². The lowest BCUT2D eigenvalue weighted by Crippen LogP contribution is -2.30. The summed E-state index contributed by atoms with van der Waals surface area (Å²) in [5.74, 6) is -0.215. The van der Waals surface area contributed by atoms with Crippen LogP contribution in [0.5, 0.6) is 0 Å². The Labute approximate surface area is 162 Å². The van der Waals surface area contributed by atoms with E-state index in [9.17, 15) is 13.2 Å². The summed E-state index contributed by atoms with van der Waals surface area (Å²) in [6, 6.07) is 11.8. The normalized spacial score (nSPS) is 11.6. The number of halogens is 1. The molecule has 0 atom stereocenters. The minimum absolute atomic E-state index is 0.215. The van der Waals surface area contributed by atoms with Crippen molar-refractivity contribution in [2.75, 3.05) is 18.4 Å². The molecule has 2 rings (SSSR count). The molecule has 0 fully saturated rings. The molecular formula is C18H21IN2O3S. The second-order valence-corrected chi connectivity index (χ2v) is 8.52. The van der Waals surface area contributed by atoms with Crippen molar-refractivity contribution >= 4 is 44.2 Å². The van der Waals surface area contributed by atoms with E-state index >= 15 is 0 Å². The zero-order valence-electron chi connectivity index (χ0n) is 14.4. The third-order valence-corrected chi connectivity index (χ3v) is 7.39. The van der Waals surface area contributed by atoms with Gasteiger partial charge in [0, 0.05) is 22.3 Å². The van der Waals surface area contributed by atoms with Gasteiger partial charge in [0.1, 0.15) is 0 Å². The minimum Gasteiger partial charge on any atom is -0.322 e. The number of sulfonamides is 1. The number of anilines is 1. The Morgan fingerprint density at radius 2 is 1.68 bits per heavy atom. The fourth-order valence-corrected chi connectivity index (χ4v) is 4.51. The van der Waals surface area contributed by atoms with E-state index in [-0.39, 0.29) is 10.8 Å². The van der Waals surface area contributed by atoms with Gasteiger partial charge >= 0.3 is 0 Å². The molecule has 2 aromatic rings. The number of carbonyl (C=O) groups is 1. The first kappa shape index (κ1) is 19.9. The summed E-state index contributed by atoms with van der Waals surface area (Å²) in [7, 11) is -3.49. The van der Waals surface area contributed by atoms with Crippen molar-refractivity contribution in [2.24, 2.45) is 0 Å². The first-order valence-electron chi connectivity index (χ1n) is 7.98. The third kappa shape index (κ3) is 4.39. The van der Waals surface area contributed by atoms with Gasteiger partial charge in [-0.2, -0.15) is 4.31 Å². The second-order valence-electron chi connectivity index (χ2n) is 5.50. The fourth-order valence-electron chi connectivity index (χ4n) is 2.44. The number of aryl methyl sites for hydroxylation is 1. The molecule has 0 aliphatic heterocycles. The predicted octanol–water partition coefficient (Wildman–Crippen LogP) is 3.88. The smallest absolute Gasteiger partial charge is 0.256 e. The fraction of sp³-hybridized carbons (Fsp3) is 0.278. The maximum absolute atomic E-state index is 12.5. The van der Waals surface area contributed by atoms with Gasteiger partial charge in [-0.1, -0.05) is 26.0 Å². The number of hydrogen-bond acceptors (Lipinski definition) is 3. The molecule has 0 unspecified atom stereocenters. The number of amides is 1. The zero-order chi connectivity index (χ0) is 18.6. The van der Waals surface area contributed by atoms with E-state index in [1.165, 1.54) is 16.4 Å². The second kappa shape index (κ2) is 8.29. The van der Waals surface area contributed by atoms with Gasteiger partial charge in [-0.25, -0.2) is 8.42 Å². The first-order chi connectivity index (χ1) is 11.8. The number of benzene rings is 2. The van der Waals surface area contributed by atoms with Crippen LogP contribution < -0.4 is 5.32 Å². The lowest BCUT2D eigenvalue weighted by Gasteiger charge is -2.18. The summed E-state index contributed by atoms with van der Waals surface area (Å²) in [5, 5.41) is 2.81. The molecule has 5 nitrogen and oxygen atoms in total. The van der Waals surface area contributed by atoms with Crippen LogP contribution in [-0.2, 0) is 10.0 Å². The summed E-state index contributed by atoms with van der Waals surface area (Å²) in [5.41, 5.74) is 2.19. The Morgan fingerprint density at radius 3 is 2.24 bits per heavy atom. The lowest BCUT2D eigenvalue weighted by molar-refractivity contribution is 0.102. The molecule has 0 saturated heterocycles. The van der Waals surface area contributed by atoms with Crippen molar-refractivity contribution in [2.45, 2.75) is 25.7 Å². The van der Waals surface area contributed by atoms with Crippen LogP contribution in [0.1, 0.15) is 29.8 Å². The third-order valence-electron chi connectivity index (χ3n) is 3.89. The number of nitrogens with zero attached hydrogens (tertiary/aromatic N) is 1. The molecule has 0 spiro atoms. The summed E-state index contributed by atoms with van der Waals surface area (Å²) >= 11 is 2.15. The monoisotopic (exact) mass is 472 g/mol. The van der Waals surface area contributed by atoms with E-state index in [1.807, 2.05) is 19.1 Å². The number of carbonyl (C=O) groups excluding carboxylic acids is 1.